The SMILES string of the molecule is O=C(O)[C@H]1c2cccc(-c3ccc(F)cc3)c2[C@H]2CN1C(=O)N2OCc1ccccc1. The van der Waals surface area contributed by atoms with Crippen LogP contribution in [-0.2, 0) is 16.2 Å². The van der Waals surface area contributed by atoms with Gasteiger partial charge in [0.15, 0.2) is 6.04 Å². The number of carboxylic acid groups (broad SMARTS) is 1. The number of hydroxylamine groups is 2. The molecule has 2 aliphatic heterocycles. The molecule has 0 saturated carbocycles. The molecule has 3 aromatic carbocycles. The summed E-state index contributed by atoms with van der Waals surface area (Å²) in [4.78, 5) is 32.5. The van der Waals surface area contributed by atoms with E-state index < -0.39 is 24.1 Å². The fourth-order valence-corrected chi connectivity index (χ4v) is 4.40. The zero-order valence-corrected chi connectivity index (χ0v) is 16.4. The topological polar surface area (TPSA) is 70.1 Å². The standard InChI is InChI=1S/C24H19FN2O4/c25-17-11-9-16(10-12-17)18-7-4-8-19-21(18)20-13-26(22(19)23(28)29)24(30)27(20)31-14-15-5-2-1-3-6-15/h1-12,20,22H,13-14H2,(H,28,29)/t20-,22-/m1/s1. The predicted octanol–water partition coefficient (Wildman–Crippen LogP) is 4.54. The van der Waals surface area contributed by atoms with Crippen LogP contribution < -0.4 is 0 Å². The Bertz CT molecular complexity index is 1150. The van der Waals surface area contributed by atoms with Crippen molar-refractivity contribution in [1.29, 1.82) is 0 Å². The van der Waals surface area contributed by atoms with Crippen LogP contribution in [0, 0.1) is 5.82 Å². The molecule has 6 nitrogen and oxygen atoms in total. The Labute approximate surface area is 178 Å². The van der Waals surface area contributed by atoms with Crippen LogP contribution in [0.5, 0.6) is 0 Å². The molecule has 5 rings (SSSR count). The molecule has 0 aliphatic carbocycles. The monoisotopic (exact) mass is 418 g/mol. The Morgan fingerprint density at radius 3 is 2.48 bits per heavy atom. The molecule has 1 N–H and O–H groups in total. The van der Waals surface area contributed by atoms with Gasteiger partial charge < -0.3 is 10.0 Å². The van der Waals surface area contributed by atoms with Crippen LogP contribution in [0.15, 0.2) is 72.8 Å². The van der Waals surface area contributed by atoms with Crippen molar-refractivity contribution in [1.82, 2.24) is 9.96 Å². The Morgan fingerprint density at radius 1 is 1.03 bits per heavy atom. The summed E-state index contributed by atoms with van der Waals surface area (Å²) in [6.45, 7) is 0.387. The first-order valence-electron chi connectivity index (χ1n) is 9.93. The third-order valence-corrected chi connectivity index (χ3v) is 5.77. The number of halogens is 1. The third kappa shape index (κ3) is 3.23. The molecular formula is C24H19FN2O4. The molecule has 0 spiro atoms. The molecule has 3 aromatic rings. The molecular weight excluding hydrogens is 399 g/mol. The van der Waals surface area contributed by atoms with E-state index in [1.165, 1.54) is 22.1 Å². The number of urea groups is 1. The average molecular weight is 418 g/mol. The quantitative estimate of drug-likeness (QED) is 0.660. The second-order valence-electron chi connectivity index (χ2n) is 7.59. The smallest absolute Gasteiger partial charge is 0.345 e. The van der Waals surface area contributed by atoms with Crippen LogP contribution in [0.25, 0.3) is 11.1 Å². The zero-order valence-electron chi connectivity index (χ0n) is 16.4. The molecule has 2 bridgehead atoms. The minimum absolute atomic E-state index is 0.183. The highest BCUT2D eigenvalue weighted by molar-refractivity contribution is 5.89. The Hall–Kier alpha value is -3.71. The van der Waals surface area contributed by atoms with E-state index >= 15 is 0 Å². The van der Waals surface area contributed by atoms with E-state index in [2.05, 4.69) is 0 Å². The van der Waals surface area contributed by atoms with E-state index in [-0.39, 0.29) is 19.0 Å². The number of carbonyl (C=O) groups excluding carboxylic acids is 1. The van der Waals surface area contributed by atoms with Crippen LogP contribution in [0.2, 0.25) is 0 Å². The van der Waals surface area contributed by atoms with Gasteiger partial charge >= 0.3 is 12.0 Å². The molecule has 7 heteroatoms. The maximum atomic E-state index is 13.5. The van der Waals surface area contributed by atoms with Crippen molar-refractivity contribution >= 4 is 12.0 Å². The normalized spacial score (nSPS) is 19.5. The summed E-state index contributed by atoms with van der Waals surface area (Å²) in [6, 6.07) is 18.8. The number of hydrogen-bond acceptors (Lipinski definition) is 3. The van der Waals surface area contributed by atoms with Crippen molar-refractivity contribution in [2.75, 3.05) is 6.54 Å². The molecule has 2 atom stereocenters. The summed E-state index contributed by atoms with van der Waals surface area (Å²) in [5.74, 6) is -1.46. The molecule has 156 valence electrons. The van der Waals surface area contributed by atoms with Crippen LogP contribution in [0.3, 0.4) is 0 Å². The van der Waals surface area contributed by atoms with E-state index in [0.29, 0.717) is 5.56 Å². The summed E-state index contributed by atoms with van der Waals surface area (Å²) in [5.41, 5.74) is 3.67. The van der Waals surface area contributed by atoms with E-state index in [0.717, 1.165) is 22.3 Å². The van der Waals surface area contributed by atoms with Gasteiger partial charge in [-0.2, -0.15) is 5.06 Å². The lowest BCUT2D eigenvalue weighted by molar-refractivity contribution is -0.143. The van der Waals surface area contributed by atoms with E-state index in [1.807, 2.05) is 36.4 Å². The second kappa shape index (κ2) is 7.52. The van der Waals surface area contributed by atoms with Crippen molar-refractivity contribution in [3.63, 3.8) is 0 Å². The number of aliphatic carboxylic acids is 1. The number of fused-ring (bicyclic) bond motifs is 4. The summed E-state index contributed by atoms with van der Waals surface area (Å²) in [6.07, 6.45) is 0. The van der Waals surface area contributed by atoms with Gasteiger partial charge in [0.1, 0.15) is 18.5 Å². The molecule has 0 aromatic heterocycles. The van der Waals surface area contributed by atoms with Gasteiger partial charge in [-0.3, -0.25) is 4.84 Å². The number of amides is 2. The molecule has 0 radical (unpaired) electrons. The highest BCUT2D eigenvalue weighted by atomic mass is 19.1. The highest BCUT2D eigenvalue weighted by Gasteiger charge is 2.51. The van der Waals surface area contributed by atoms with Gasteiger partial charge in [-0.25, -0.2) is 14.0 Å². The zero-order chi connectivity index (χ0) is 21.5. The minimum atomic E-state index is -1.11. The van der Waals surface area contributed by atoms with E-state index in [4.69, 9.17) is 4.84 Å². The molecule has 1 saturated heterocycles. The third-order valence-electron chi connectivity index (χ3n) is 5.77. The van der Waals surface area contributed by atoms with Crippen LogP contribution >= 0.6 is 0 Å². The van der Waals surface area contributed by atoms with Gasteiger partial charge in [-0.15, -0.1) is 0 Å². The lowest BCUT2D eigenvalue weighted by atomic mass is 9.85. The van der Waals surface area contributed by atoms with Gasteiger partial charge in [0.2, 0.25) is 0 Å². The van der Waals surface area contributed by atoms with Gasteiger partial charge in [-0.05, 0) is 39.9 Å². The van der Waals surface area contributed by atoms with Gasteiger partial charge in [0.25, 0.3) is 0 Å². The molecule has 0 unspecified atom stereocenters. The Kier molecular flexibility index (Phi) is 4.67. The van der Waals surface area contributed by atoms with Gasteiger partial charge in [0, 0.05) is 0 Å². The maximum absolute atomic E-state index is 13.5. The van der Waals surface area contributed by atoms with Crippen molar-refractivity contribution < 1.29 is 23.9 Å². The van der Waals surface area contributed by atoms with Gasteiger partial charge in [-0.1, -0.05) is 60.7 Å². The second-order valence-corrected chi connectivity index (χ2v) is 7.59. The molecule has 1 fully saturated rings. The molecule has 2 heterocycles. The fourth-order valence-electron chi connectivity index (χ4n) is 4.40. The average Bonchev–Trinajstić information content (AvgIpc) is 3.04. The van der Waals surface area contributed by atoms with Gasteiger partial charge in [0.05, 0.1) is 6.54 Å². The number of carboxylic acids is 1. The highest BCUT2D eigenvalue weighted by Crippen LogP contribution is 2.47. The van der Waals surface area contributed by atoms with Crippen LogP contribution in [-0.4, -0.2) is 33.6 Å². The molecule has 2 amide bonds. The first-order valence-corrected chi connectivity index (χ1v) is 9.93. The Morgan fingerprint density at radius 2 is 1.77 bits per heavy atom. The molecule has 31 heavy (non-hydrogen) atoms. The maximum Gasteiger partial charge on any atom is 0.345 e. The number of rotatable bonds is 5. The summed E-state index contributed by atoms with van der Waals surface area (Å²) >= 11 is 0. The van der Waals surface area contributed by atoms with Crippen molar-refractivity contribution in [3.8, 4) is 11.1 Å². The van der Waals surface area contributed by atoms with Crippen molar-refractivity contribution in [2.45, 2.75) is 18.7 Å². The van der Waals surface area contributed by atoms with E-state index in [9.17, 15) is 19.1 Å². The lowest BCUT2D eigenvalue weighted by Gasteiger charge is -2.32. The van der Waals surface area contributed by atoms with Crippen LogP contribution in [0.1, 0.15) is 28.8 Å². The summed E-state index contributed by atoms with van der Waals surface area (Å²) < 4.78 is 13.5. The largest absolute Gasteiger partial charge is 0.479 e. The fraction of sp³-hybridized carbons (Fsp3) is 0.167. The van der Waals surface area contributed by atoms with Crippen LogP contribution in [0.4, 0.5) is 9.18 Å². The summed E-state index contributed by atoms with van der Waals surface area (Å²) in [5, 5.41) is 11.2. The van der Waals surface area contributed by atoms with E-state index in [1.54, 1.807) is 24.3 Å². The van der Waals surface area contributed by atoms with Crippen molar-refractivity contribution in [2.24, 2.45) is 0 Å². The number of hydrogen-bond donors (Lipinski definition) is 1. The Balaban J connectivity index is 1.59. The number of benzene rings is 3. The lowest BCUT2D eigenvalue weighted by Crippen LogP contribution is -2.38. The first kappa shape index (κ1) is 19.3. The summed E-state index contributed by atoms with van der Waals surface area (Å²) in [7, 11) is 0. The molecule has 2 aliphatic rings. The first-order chi connectivity index (χ1) is 15.0. The number of nitrogens with zero attached hydrogens (tertiary/aromatic N) is 2. The van der Waals surface area contributed by atoms with Crippen molar-refractivity contribution in [3.05, 3.63) is 95.3 Å². The minimum Gasteiger partial charge on any atom is -0.479 e. The predicted molar refractivity (Wildman–Crippen MR) is 110 cm³/mol. The number of carbonyl (C=O) groups is 2.